The number of rotatable bonds is 6. The summed E-state index contributed by atoms with van der Waals surface area (Å²) < 4.78 is 5.46. The summed E-state index contributed by atoms with van der Waals surface area (Å²) >= 11 is 0. The van der Waals surface area contributed by atoms with Crippen LogP contribution in [-0.4, -0.2) is 33.9 Å². The second kappa shape index (κ2) is 8.73. The van der Waals surface area contributed by atoms with Gasteiger partial charge in [0, 0.05) is 5.56 Å². The maximum absolute atomic E-state index is 13.1. The van der Waals surface area contributed by atoms with E-state index in [9.17, 15) is 29.4 Å². The van der Waals surface area contributed by atoms with Gasteiger partial charge in [0.2, 0.25) is 0 Å². The Morgan fingerprint density at radius 2 is 1.50 bits per heavy atom. The summed E-state index contributed by atoms with van der Waals surface area (Å²) in [7, 11) is 0. The van der Waals surface area contributed by atoms with Crippen LogP contribution in [0.3, 0.4) is 0 Å². The summed E-state index contributed by atoms with van der Waals surface area (Å²) in [6, 6.07) is 10.4. The second-order valence-electron chi connectivity index (χ2n) is 7.09. The lowest BCUT2D eigenvalue weighted by Crippen LogP contribution is -2.34. The van der Waals surface area contributed by atoms with E-state index in [1.165, 1.54) is 30.3 Å². The molecular formula is C23H20O7. The van der Waals surface area contributed by atoms with Crippen molar-refractivity contribution < 1.29 is 34.1 Å². The maximum Gasteiger partial charge on any atom is 0.336 e. The van der Waals surface area contributed by atoms with Crippen LogP contribution >= 0.6 is 0 Å². The van der Waals surface area contributed by atoms with Crippen molar-refractivity contribution in [1.29, 1.82) is 0 Å². The molecule has 7 heteroatoms. The van der Waals surface area contributed by atoms with Crippen LogP contribution in [0, 0.1) is 18.8 Å². The Hall–Kier alpha value is -3.74. The molecule has 0 bridgehead atoms. The van der Waals surface area contributed by atoms with Gasteiger partial charge in [-0.1, -0.05) is 42.0 Å². The standard InChI is InChI=1S/C23H20O7/c1-13-10-11-19(30-23(29)17-9-5-4-8-16(17)22(27)28)18(12-13)20(24)14-6-2-3-7-15(14)21(25)26/h2-7,10-12,16-17H,8-9H2,1H3,(H,25,26)(H,27,28)/t16-,17+/m0/s1. The number of hydrogen-bond donors (Lipinski definition) is 2. The molecule has 0 fully saturated rings. The SMILES string of the molecule is Cc1ccc(OC(=O)[C@@H]2CC=CC[C@@H]2C(=O)O)c(C(=O)c2ccccc2C(=O)O)c1. The quantitative estimate of drug-likeness (QED) is 0.325. The lowest BCUT2D eigenvalue weighted by Gasteiger charge is -2.23. The van der Waals surface area contributed by atoms with Crippen molar-refractivity contribution in [3.63, 3.8) is 0 Å². The number of hydrogen-bond acceptors (Lipinski definition) is 5. The zero-order valence-corrected chi connectivity index (χ0v) is 16.2. The third-order valence-electron chi connectivity index (χ3n) is 5.04. The van der Waals surface area contributed by atoms with E-state index in [0.717, 1.165) is 5.56 Å². The highest BCUT2D eigenvalue weighted by Crippen LogP contribution is 2.30. The first-order chi connectivity index (χ1) is 14.3. The Balaban J connectivity index is 1.96. The Morgan fingerprint density at radius 1 is 0.867 bits per heavy atom. The number of ketones is 1. The molecule has 154 valence electrons. The molecule has 7 nitrogen and oxygen atoms in total. The van der Waals surface area contributed by atoms with Crippen molar-refractivity contribution in [3.05, 3.63) is 76.9 Å². The van der Waals surface area contributed by atoms with Gasteiger partial charge in [-0.25, -0.2) is 4.79 Å². The molecule has 30 heavy (non-hydrogen) atoms. The van der Waals surface area contributed by atoms with Gasteiger partial charge in [-0.3, -0.25) is 14.4 Å². The number of aryl methyl sites for hydroxylation is 1. The van der Waals surface area contributed by atoms with Crippen molar-refractivity contribution in [2.75, 3.05) is 0 Å². The molecule has 2 aromatic carbocycles. The molecule has 1 aliphatic carbocycles. The second-order valence-corrected chi connectivity index (χ2v) is 7.09. The molecule has 0 amide bonds. The number of carboxylic acids is 2. The van der Waals surface area contributed by atoms with E-state index in [4.69, 9.17) is 4.74 Å². The zero-order valence-electron chi connectivity index (χ0n) is 16.2. The summed E-state index contributed by atoms with van der Waals surface area (Å²) in [5, 5.41) is 18.8. The van der Waals surface area contributed by atoms with Crippen LogP contribution in [0.4, 0.5) is 0 Å². The summed E-state index contributed by atoms with van der Waals surface area (Å²) in [6.07, 6.45) is 3.90. The molecule has 2 N–H and O–H groups in total. The summed E-state index contributed by atoms with van der Waals surface area (Å²) in [5.74, 6) is -5.48. The highest BCUT2D eigenvalue weighted by molar-refractivity contribution is 6.15. The van der Waals surface area contributed by atoms with Gasteiger partial charge in [0.05, 0.1) is 23.0 Å². The van der Waals surface area contributed by atoms with Crippen molar-refractivity contribution >= 4 is 23.7 Å². The monoisotopic (exact) mass is 408 g/mol. The van der Waals surface area contributed by atoms with Gasteiger partial charge in [0.1, 0.15) is 5.75 Å². The number of aromatic carboxylic acids is 1. The number of ether oxygens (including phenoxy) is 1. The topological polar surface area (TPSA) is 118 Å². The number of esters is 1. The lowest BCUT2D eigenvalue weighted by atomic mass is 9.83. The smallest absolute Gasteiger partial charge is 0.336 e. The van der Waals surface area contributed by atoms with E-state index in [-0.39, 0.29) is 35.3 Å². The van der Waals surface area contributed by atoms with Crippen molar-refractivity contribution in [3.8, 4) is 5.75 Å². The number of carboxylic acid groups (broad SMARTS) is 2. The third kappa shape index (κ3) is 4.30. The van der Waals surface area contributed by atoms with Gasteiger partial charge in [-0.15, -0.1) is 0 Å². The minimum Gasteiger partial charge on any atom is -0.481 e. The van der Waals surface area contributed by atoms with Crippen LogP contribution < -0.4 is 4.74 Å². The lowest BCUT2D eigenvalue weighted by molar-refractivity contribution is -0.152. The molecule has 2 aromatic rings. The fraction of sp³-hybridized carbons (Fsp3) is 0.217. The highest BCUT2D eigenvalue weighted by atomic mass is 16.5. The van der Waals surface area contributed by atoms with Gasteiger partial charge < -0.3 is 14.9 Å². The van der Waals surface area contributed by atoms with Crippen LogP contribution in [0.25, 0.3) is 0 Å². The van der Waals surface area contributed by atoms with Crippen molar-refractivity contribution in [2.45, 2.75) is 19.8 Å². The molecule has 0 radical (unpaired) electrons. The van der Waals surface area contributed by atoms with E-state index in [1.807, 2.05) is 0 Å². The fourth-order valence-corrected chi connectivity index (χ4v) is 3.45. The van der Waals surface area contributed by atoms with Crippen LogP contribution in [0.1, 0.15) is 44.7 Å². The normalized spacial score (nSPS) is 17.9. The highest BCUT2D eigenvalue weighted by Gasteiger charge is 2.36. The van der Waals surface area contributed by atoms with Gasteiger partial charge in [0.15, 0.2) is 5.78 Å². The van der Waals surface area contributed by atoms with Crippen LogP contribution in [0.5, 0.6) is 5.75 Å². The van der Waals surface area contributed by atoms with Gasteiger partial charge in [0.25, 0.3) is 0 Å². The van der Waals surface area contributed by atoms with Crippen LogP contribution in [-0.2, 0) is 9.59 Å². The third-order valence-corrected chi connectivity index (χ3v) is 5.04. The first-order valence-corrected chi connectivity index (χ1v) is 9.36. The van der Waals surface area contributed by atoms with E-state index in [1.54, 1.807) is 31.2 Å². The molecule has 1 aliphatic rings. The average Bonchev–Trinajstić information content (AvgIpc) is 2.74. The fourth-order valence-electron chi connectivity index (χ4n) is 3.45. The van der Waals surface area contributed by atoms with Crippen LogP contribution in [0.15, 0.2) is 54.6 Å². The van der Waals surface area contributed by atoms with E-state index >= 15 is 0 Å². The molecule has 0 spiro atoms. The number of allylic oxidation sites excluding steroid dienone is 2. The summed E-state index contributed by atoms with van der Waals surface area (Å²) in [5.41, 5.74) is 0.562. The van der Waals surface area contributed by atoms with Gasteiger partial charge >= 0.3 is 17.9 Å². The Kier molecular flexibility index (Phi) is 6.11. The Morgan fingerprint density at radius 3 is 2.13 bits per heavy atom. The first-order valence-electron chi connectivity index (χ1n) is 9.36. The van der Waals surface area contributed by atoms with Crippen molar-refractivity contribution in [2.24, 2.45) is 11.8 Å². The summed E-state index contributed by atoms with van der Waals surface area (Å²) in [4.78, 5) is 48.8. The minimum absolute atomic E-state index is 0.0306. The molecule has 0 aliphatic heterocycles. The molecule has 0 saturated carbocycles. The van der Waals surface area contributed by atoms with Gasteiger partial charge in [-0.05, 0) is 38.0 Å². The molecular weight excluding hydrogens is 388 g/mol. The van der Waals surface area contributed by atoms with Gasteiger partial charge in [-0.2, -0.15) is 0 Å². The molecule has 0 saturated heterocycles. The maximum atomic E-state index is 13.1. The average molecular weight is 408 g/mol. The Labute approximate surface area is 172 Å². The Bertz CT molecular complexity index is 1050. The predicted molar refractivity (Wildman–Crippen MR) is 107 cm³/mol. The molecule has 0 heterocycles. The number of carbonyl (C=O) groups excluding carboxylic acids is 2. The number of carbonyl (C=O) groups is 4. The zero-order chi connectivity index (χ0) is 21.8. The van der Waals surface area contributed by atoms with E-state index in [2.05, 4.69) is 0 Å². The number of benzene rings is 2. The largest absolute Gasteiger partial charge is 0.481 e. The molecule has 2 atom stereocenters. The molecule has 0 unspecified atom stereocenters. The predicted octanol–water partition coefficient (Wildman–Crippen LogP) is 3.50. The molecule has 0 aromatic heterocycles. The number of aliphatic carboxylic acids is 1. The van der Waals surface area contributed by atoms with Crippen LogP contribution in [0.2, 0.25) is 0 Å². The van der Waals surface area contributed by atoms with E-state index in [0.29, 0.717) is 0 Å². The van der Waals surface area contributed by atoms with E-state index < -0.39 is 35.5 Å². The molecule has 3 rings (SSSR count). The van der Waals surface area contributed by atoms with Crippen molar-refractivity contribution in [1.82, 2.24) is 0 Å². The summed E-state index contributed by atoms with van der Waals surface area (Å²) in [6.45, 7) is 1.75. The minimum atomic E-state index is -1.25. The first kappa shape index (κ1) is 21.0.